The van der Waals surface area contributed by atoms with Gasteiger partial charge in [0, 0.05) is 6.42 Å². The van der Waals surface area contributed by atoms with Gasteiger partial charge in [-0.05, 0) is 19.3 Å². The number of phosphoric ester groups is 1. The molecule has 0 bridgehead atoms. The Bertz CT molecular complexity index is 773. The molecule has 0 fully saturated rings. The van der Waals surface area contributed by atoms with Crippen molar-refractivity contribution in [3.8, 4) is 0 Å². The van der Waals surface area contributed by atoms with Crippen LogP contribution in [0.15, 0.2) is 12.2 Å². The third kappa shape index (κ3) is 31.8. The smallest absolute Gasteiger partial charge is 0.268 e. The first-order valence-electron chi connectivity index (χ1n) is 19.1. The van der Waals surface area contributed by atoms with Crippen LogP contribution in [0.3, 0.4) is 0 Å². The number of likely N-dealkylation sites (N-methyl/N-ethyl adjacent to an activating group) is 1. The van der Waals surface area contributed by atoms with Gasteiger partial charge in [0.05, 0.1) is 39.9 Å². The molecule has 8 nitrogen and oxygen atoms in total. The van der Waals surface area contributed by atoms with Gasteiger partial charge in [-0.15, -0.1) is 0 Å². The molecule has 2 N–H and O–H groups in total. The fourth-order valence-electron chi connectivity index (χ4n) is 5.43. The Hall–Kier alpha value is -0.760. The van der Waals surface area contributed by atoms with Gasteiger partial charge >= 0.3 is 0 Å². The van der Waals surface area contributed by atoms with Crippen LogP contribution in [0.25, 0.3) is 0 Å². The Morgan fingerprint density at radius 3 is 1.59 bits per heavy atom. The van der Waals surface area contributed by atoms with Crippen molar-refractivity contribution in [2.24, 2.45) is 0 Å². The monoisotopic (exact) mass is 675 g/mol. The second-order valence-corrected chi connectivity index (χ2v) is 15.7. The van der Waals surface area contributed by atoms with E-state index >= 15 is 0 Å². The third-order valence-electron chi connectivity index (χ3n) is 8.47. The summed E-state index contributed by atoms with van der Waals surface area (Å²) in [5.41, 5.74) is 0. The van der Waals surface area contributed by atoms with Gasteiger partial charge in [-0.2, -0.15) is 0 Å². The Labute approximate surface area is 284 Å². The molecule has 0 aromatic carbocycles. The molecule has 3 atom stereocenters. The van der Waals surface area contributed by atoms with Crippen LogP contribution in [-0.2, 0) is 18.4 Å². The van der Waals surface area contributed by atoms with Crippen molar-refractivity contribution < 1.29 is 32.9 Å². The van der Waals surface area contributed by atoms with Crippen molar-refractivity contribution in [3.05, 3.63) is 12.2 Å². The lowest BCUT2D eigenvalue weighted by Gasteiger charge is -2.29. The van der Waals surface area contributed by atoms with E-state index in [2.05, 4.69) is 12.2 Å². The predicted octanol–water partition coefficient (Wildman–Crippen LogP) is 9.00. The van der Waals surface area contributed by atoms with Crippen LogP contribution in [-0.4, -0.2) is 68.5 Å². The van der Waals surface area contributed by atoms with Gasteiger partial charge in [-0.25, -0.2) is 0 Å². The van der Waals surface area contributed by atoms with E-state index in [1.54, 1.807) is 6.08 Å². The molecule has 0 saturated heterocycles. The van der Waals surface area contributed by atoms with Gasteiger partial charge in [0.1, 0.15) is 13.2 Å². The molecule has 3 unspecified atom stereocenters. The quantitative estimate of drug-likeness (QED) is 0.0305. The number of nitrogens with zero attached hydrogens (tertiary/aromatic N) is 1. The summed E-state index contributed by atoms with van der Waals surface area (Å²) in [4.78, 5) is 24.3. The summed E-state index contributed by atoms with van der Waals surface area (Å²) in [6.45, 7) is 4.28. The molecule has 0 spiro atoms. The highest BCUT2D eigenvalue weighted by atomic mass is 31.2. The first kappa shape index (κ1) is 45.2. The van der Waals surface area contributed by atoms with E-state index in [4.69, 9.17) is 9.05 Å². The van der Waals surface area contributed by atoms with Crippen molar-refractivity contribution in [1.29, 1.82) is 0 Å². The minimum atomic E-state index is -4.55. The van der Waals surface area contributed by atoms with Gasteiger partial charge in [0.25, 0.3) is 7.82 Å². The second kappa shape index (κ2) is 30.3. The molecule has 0 radical (unpaired) electrons. The number of nitrogens with one attached hydrogen (secondary N) is 1. The van der Waals surface area contributed by atoms with Gasteiger partial charge in [0.15, 0.2) is 0 Å². The number of hydrogen-bond acceptors (Lipinski definition) is 6. The average Bonchev–Trinajstić information content (AvgIpc) is 2.98. The molecule has 0 aliphatic carbocycles. The van der Waals surface area contributed by atoms with Gasteiger partial charge in [0.2, 0.25) is 5.91 Å². The Kier molecular flexibility index (Phi) is 29.8. The number of allylic oxidation sites excluding steroid dienone is 1. The number of amides is 1. The van der Waals surface area contributed by atoms with E-state index in [9.17, 15) is 19.4 Å². The first-order chi connectivity index (χ1) is 22.0. The molecular weight excluding hydrogens is 599 g/mol. The van der Waals surface area contributed by atoms with E-state index in [1.165, 1.54) is 122 Å². The predicted molar refractivity (Wildman–Crippen MR) is 192 cm³/mol. The maximum absolute atomic E-state index is 12.2. The molecule has 9 heteroatoms. The molecule has 0 rings (SSSR count). The summed E-state index contributed by atoms with van der Waals surface area (Å²) in [5.74, 6) is -0.250. The van der Waals surface area contributed by atoms with Crippen molar-refractivity contribution in [3.63, 3.8) is 0 Å². The largest absolute Gasteiger partial charge is 0.756 e. The number of quaternary nitrogens is 1. The van der Waals surface area contributed by atoms with Crippen LogP contribution in [0.4, 0.5) is 0 Å². The van der Waals surface area contributed by atoms with Crippen LogP contribution in [0.5, 0.6) is 0 Å². The number of rotatable bonds is 34. The summed E-state index contributed by atoms with van der Waals surface area (Å²) in [6.07, 6.45) is 32.8. The zero-order chi connectivity index (χ0) is 34.4. The van der Waals surface area contributed by atoms with E-state index in [0.29, 0.717) is 23.9 Å². The number of carbonyl (C=O) groups is 1. The zero-order valence-electron chi connectivity index (χ0n) is 30.8. The Morgan fingerprint density at radius 2 is 1.17 bits per heavy atom. The van der Waals surface area contributed by atoms with E-state index in [1.807, 2.05) is 34.1 Å². The number of hydrogen-bond donors (Lipinski definition) is 2. The topological polar surface area (TPSA) is 108 Å². The highest BCUT2D eigenvalue weighted by Gasteiger charge is 2.23. The maximum atomic E-state index is 12.2. The summed E-state index contributed by atoms with van der Waals surface area (Å²) < 4.78 is 22.7. The number of carbonyl (C=O) groups excluding carboxylic acids is 1. The number of aliphatic hydroxyl groups is 1. The van der Waals surface area contributed by atoms with E-state index in [-0.39, 0.29) is 19.1 Å². The lowest BCUT2D eigenvalue weighted by atomic mass is 10.0. The molecule has 0 aromatic heterocycles. The second-order valence-electron chi connectivity index (χ2n) is 14.3. The molecule has 0 aromatic rings. The average molecular weight is 675 g/mol. The summed E-state index contributed by atoms with van der Waals surface area (Å²) in [6, 6.07) is -0.876. The van der Waals surface area contributed by atoms with E-state index < -0.39 is 20.0 Å². The lowest BCUT2D eigenvalue weighted by molar-refractivity contribution is -0.870. The van der Waals surface area contributed by atoms with Gasteiger partial charge in [-0.3, -0.25) is 9.36 Å². The molecule has 274 valence electrons. The summed E-state index contributed by atoms with van der Waals surface area (Å²) in [7, 11) is 1.26. The molecule has 46 heavy (non-hydrogen) atoms. The van der Waals surface area contributed by atoms with E-state index in [0.717, 1.165) is 19.3 Å². The summed E-state index contributed by atoms with van der Waals surface area (Å²) in [5, 5.41) is 13.4. The van der Waals surface area contributed by atoms with Crippen LogP contribution in [0, 0.1) is 0 Å². The zero-order valence-corrected chi connectivity index (χ0v) is 31.7. The van der Waals surface area contributed by atoms with Crippen LogP contribution in [0.1, 0.15) is 168 Å². The fraction of sp³-hybridized carbons (Fsp3) is 0.919. The molecule has 0 saturated carbocycles. The third-order valence-corrected chi connectivity index (χ3v) is 9.43. The standard InChI is InChI=1S/C37H75N2O6P/c1-6-8-9-10-11-12-13-14-15-16-17-18-19-20-21-22-23-24-25-26-27-28-29-31-36(40)35(38-37(41)30-7-2)34-45-46(42,43)44-33-32-39(3,4)5/h29,31,35-36,40H,6-28,30,32-34H2,1-5H3,(H-,38,41,42,43)/b31-29+. The molecule has 0 heterocycles. The SMILES string of the molecule is CCCCCCCCCCCCCCCCCCCCCCC/C=C/C(O)C(COP(=O)([O-])OCC[N+](C)(C)C)NC(=O)CCC. The lowest BCUT2D eigenvalue weighted by Crippen LogP contribution is -2.45. The molecule has 0 aliphatic heterocycles. The number of unbranched alkanes of at least 4 members (excludes halogenated alkanes) is 21. The Morgan fingerprint density at radius 1 is 0.739 bits per heavy atom. The van der Waals surface area contributed by atoms with Crippen molar-refractivity contribution in [2.45, 2.75) is 180 Å². The van der Waals surface area contributed by atoms with Crippen molar-refractivity contribution >= 4 is 13.7 Å². The van der Waals surface area contributed by atoms with Crippen molar-refractivity contribution in [2.75, 3.05) is 40.9 Å². The Balaban J connectivity index is 3.92. The maximum Gasteiger partial charge on any atom is 0.268 e. The van der Waals surface area contributed by atoms with Gasteiger partial charge in [-0.1, -0.05) is 154 Å². The number of phosphoric acid groups is 1. The molecule has 1 amide bonds. The molecule has 0 aliphatic rings. The highest BCUT2D eigenvalue weighted by molar-refractivity contribution is 7.45. The minimum absolute atomic E-state index is 0.000890. The van der Waals surface area contributed by atoms with Crippen molar-refractivity contribution in [1.82, 2.24) is 5.32 Å². The normalized spacial score (nSPS) is 14.8. The highest BCUT2D eigenvalue weighted by Crippen LogP contribution is 2.38. The van der Waals surface area contributed by atoms with Crippen LogP contribution < -0.4 is 10.2 Å². The van der Waals surface area contributed by atoms with Gasteiger partial charge < -0.3 is 28.8 Å². The minimum Gasteiger partial charge on any atom is -0.756 e. The fourth-order valence-corrected chi connectivity index (χ4v) is 6.15. The first-order valence-corrected chi connectivity index (χ1v) is 20.5. The summed E-state index contributed by atoms with van der Waals surface area (Å²) >= 11 is 0. The molecular formula is C37H75N2O6P. The van der Waals surface area contributed by atoms with Crippen LogP contribution in [0.2, 0.25) is 0 Å². The number of aliphatic hydroxyl groups excluding tert-OH is 1. The van der Waals surface area contributed by atoms with Crippen LogP contribution >= 0.6 is 7.82 Å².